The second kappa shape index (κ2) is 5.54. The van der Waals surface area contributed by atoms with E-state index in [-0.39, 0.29) is 0 Å². The van der Waals surface area contributed by atoms with Crippen molar-refractivity contribution in [3.05, 3.63) is 41.8 Å². The predicted molar refractivity (Wildman–Crippen MR) is 61.3 cm³/mol. The van der Waals surface area contributed by atoms with Crippen molar-refractivity contribution in [3.63, 3.8) is 0 Å². The molecule has 5 heteroatoms. The van der Waals surface area contributed by atoms with Gasteiger partial charge in [-0.15, -0.1) is 0 Å². The molecule has 1 unspecified atom stereocenters. The summed E-state index contributed by atoms with van der Waals surface area (Å²) < 4.78 is 5.07. The van der Waals surface area contributed by atoms with E-state index in [0.717, 1.165) is 5.56 Å². The Labute approximate surface area is 99.5 Å². The molecule has 0 radical (unpaired) electrons. The maximum Gasteiger partial charge on any atom is 0.229 e. The molecule has 0 amide bonds. The molecule has 0 bridgehead atoms. The Morgan fingerprint density at radius 2 is 2.12 bits per heavy atom. The molecule has 90 valence electrons. The van der Waals surface area contributed by atoms with E-state index in [0.29, 0.717) is 31.0 Å². The molecule has 0 saturated heterocycles. The average Bonchev–Trinajstić information content (AvgIpc) is 2.77. The van der Waals surface area contributed by atoms with Crippen LogP contribution in [0.25, 0.3) is 0 Å². The van der Waals surface area contributed by atoms with Crippen LogP contribution >= 0.6 is 0 Å². The third-order valence-corrected chi connectivity index (χ3v) is 2.50. The van der Waals surface area contributed by atoms with Crippen LogP contribution in [0.3, 0.4) is 0 Å². The second-order valence-electron chi connectivity index (χ2n) is 3.90. The minimum absolute atomic E-state index is 0.413. The second-order valence-corrected chi connectivity index (χ2v) is 3.90. The fourth-order valence-electron chi connectivity index (χ4n) is 1.47. The molecule has 17 heavy (non-hydrogen) atoms. The van der Waals surface area contributed by atoms with Gasteiger partial charge >= 0.3 is 0 Å². The van der Waals surface area contributed by atoms with E-state index < -0.39 is 6.10 Å². The zero-order valence-corrected chi connectivity index (χ0v) is 9.71. The molecule has 0 spiro atoms. The monoisotopic (exact) mass is 233 g/mol. The molecule has 0 aliphatic carbocycles. The zero-order chi connectivity index (χ0) is 12.1. The quantitative estimate of drug-likeness (QED) is 0.844. The van der Waals surface area contributed by atoms with Crippen LogP contribution in [0.1, 0.15) is 30.6 Å². The van der Waals surface area contributed by atoms with E-state index in [1.54, 1.807) is 12.4 Å². The zero-order valence-electron chi connectivity index (χ0n) is 9.71. The first-order chi connectivity index (χ1) is 8.28. The van der Waals surface area contributed by atoms with Crippen LogP contribution in [0.2, 0.25) is 0 Å². The van der Waals surface area contributed by atoms with Gasteiger partial charge in [0.2, 0.25) is 5.89 Å². The number of hydrogen-bond donors (Lipinski definition) is 1. The number of hydrogen-bond acceptors (Lipinski definition) is 5. The SMILES string of the molecule is CCC(O)Cc1nc(Cc2ccncc2)no1. The molecule has 0 fully saturated rings. The minimum Gasteiger partial charge on any atom is -0.393 e. The Bertz CT molecular complexity index is 456. The van der Waals surface area contributed by atoms with Crippen molar-refractivity contribution in [2.45, 2.75) is 32.3 Å². The molecular weight excluding hydrogens is 218 g/mol. The Kier molecular flexibility index (Phi) is 3.82. The summed E-state index contributed by atoms with van der Waals surface area (Å²) in [4.78, 5) is 8.18. The van der Waals surface area contributed by atoms with Gasteiger partial charge in [0.05, 0.1) is 12.5 Å². The summed E-state index contributed by atoms with van der Waals surface area (Å²) in [6.07, 6.45) is 4.77. The lowest BCUT2D eigenvalue weighted by Gasteiger charge is -2.01. The van der Waals surface area contributed by atoms with Gasteiger partial charge < -0.3 is 9.63 Å². The smallest absolute Gasteiger partial charge is 0.229 e. The van der Waals surface area contributed by atoms with Crippen molar-refractivity contribution in [1.82, 2.24) is 15.1 Å². The average molecular weight is 233 g/mol. The molecule has 2 aromatic rings. The summed E-state index contributed by atoms with van der Waals surface area (Å²) in [6, 6.07) is 3.83. The van der Waals surface area contributed by atoms with Crippen LogP contribution in [0.5, 0.6) is 0 Å². The highest BCUT2D eigenvalue weighted by molar-refractivity contribution is 5.14. The van der Waals surface area contributed by atoms with E-state index in [4.69, 9.17) is 4.52 Å². The molecule has 5 nitrogen and oxygen atoms in total. The molecule has 1 N–H and O–H groups in total. The van der Waals surface area contributed by atoms with E-state index in [1.807, 2.05) is 19.1 Å². The van der Waals surface area contributed by atoms with Crippen molar-refractivity contribution in [2.75, 3.05) is 0 Å². The highest BCUT2D eigenvalue weighted by atomic mass is 16.5. The predicted octanol–water partition coefficient (Wildman–Crippen LogP) is 1.37. The number of aliphatic hydroxyl groups excluding tert-OH is 1. The lowest BCUT2D eigenvalue weighted by atomic mass is 10.2. The minimum atomic E-state index is -0.413. The number of pyridine rings is 1. The molecule has 0 saturated carbocycles. The number of rotatable bonds is 5. The maximum atomic E-state index is 9.47. The Morgan fingerprint density at radius 3 is 2.82 bits per heavy atom. The third kappa shape index (κ3) is 3.35. The largest absolute Gasteiger partial charge is 0.393 e. The van der Waals surface area contributed by atoms with Crippen molar-refractivity contribution in [1.29, 1.82) is 0 Å². The van der Waals surface area contributed by atoms with Crippen LogP contribution in [-0.4, -0.2) is 26.3 Å². The summed E-state index contributed by atoms with van der Waals surface area (Å²) in [5, 5.41) is 13.4. The third-order valence-electron chi connectivity index (χ3n) is 2.50. The van der Waals surface area contributed by atoms with Crippen molar-refractivity contribution >= 4 is 0 Å². The molecule has 0 aromatic carbocycles. The van der Waals surface area contributed by atoms with Crippen LogP contribution in [0, 0.1) is 0 Å². The van der Waals surface area contributed by atoms with Gasteiger partial charge in [-0.2, -0.15) is 4.98 Å². The van der Waals surface area contributed by atoms with Crippen LogP contribution < -0.4 is 0 Å². The van der Waals surface area contributed by atoms with Crippen LogP contribution in [0.4, 0.5) is 0 Å². The van der Waals surface area contributed by atoms with Crippen LogP contribution in [0.15, 0.2) is 29.0 Å². The van der Waals surface area contributed by atoms with Gasteiger partial charge in [0.15, 0.2) is 5.82 Å². The molecule has 2 rings (SSSR count). The van der Waals surface area contributed by atoms with Gasteiger partial charge in [0.1, 0.15) is 0 Å². The standard InChI is InChI=1S/C12H15N3O2/c1-2-10(16)8-12-14-11(15-17-12)7-9-3-5-13-6-4-9/h3-6,10,16H,2,7-8H2,1H3. The molecule has 1 atom stereocenters. The topological polar surface area (TPSA) is 72.0 Å². The maximum absolute atomic E-state index is 9.47. The Hall–Kier alpha value is -1.75. The van der Waals surface area contributed by atoms with Crippen molar-refractivity contribution in [2.24, 2.45) is 0 Å². The fourth-order valence-corrected chi connectivity index (χ4v) is 1.47. The van der Waals surface area contributed by atoms with Gasteiger partial charge in [0, 0.05) is 18.8 Å². The van der Waals surface area contributed by atoms with E-state index in [9.17, 15) is 5.11 Å². The highest BCUT2D eigenvalue weighted by Crippen LogP contribution is 2.08. The van der Waals surface area contributed by atoms with Gasteiger partial charge in [-0.05, 0) is 24.1 Å². The number of aromatic nitrogens is 3. The molecule has 2 aromatic heterocycles. The van der Waals surface area contributed by atoms with Gasteiger partial charge in [-0.1, -0.05) is 12.1 Å². The molecular formula is C12H15N3O2. The Morgan fingerprint density at radius 1 is 1.35 bits per heavy atom. The number of aliphatic hydroxyl groups is 1. The first-order valence-corrected chi connectivity index (χ1v) is 5.66. The summed E-state index contributed by atoms with van der Waals surface area (Å²) in [5.74, 6) is 1.12. The summed E-state index contributed by atoms with van der Waals surface area (Å²) in [5.41, 5.74) is 1.09. The first-order valence-electron chi connectivity index (χ1n) is 5.66. The summed E-state index contributed by atoms with van der Waals surface area (Å²) in [7, 11) is 0. The first kappa shape index (κ1) is 11.7. The van der Waals surface area contributed by atoms with Gasteiger partial charge in [0.25, 0.3) is 0 Å². The van der Waals surface area contributed by atoms with E-state index in [2.05, 4.69) is 15.1 Å². The van der Waals surface area contributed by atoms with Crippen LogP contribution in [-0.2, 0) is 12.8 Å². The van der Waals surface area contributed by atoms with Gasteiger partial charge in [-0.25, -0.2) is 0 Å². The van der Waals surface area contributed by atoms with Crippen molar-refractivity contribution in [3.8, 4) is 0 Å². The van der Waals surface area contributed by atoms with E-state index in [1.165, 1.54) is 0 Å². The molecule has 0 aliphatic heterocycles. The normalized spacial score (nSPS) is 12.6. The summed E-state index contributed by atoms with van der Waals surface area (Å²) in [6.45, 7) is 1.92. The summed E-state index contributed by atoms with van der Waals surface area (Å²) >= 11 is 0. The van der Waals surface area contributed by atoms with Gasteiger partial charge in [-0.3, -0.25) is 4.98 Å². The molecule has 2 heterocycles. The highest BCUT2D eigenvalue weighted by Gasteiger charge is 2.10. The molecule has 0 aliphatic rings. The lowest BCUT2D eigenvalue weighted by Crippen LogP contribution is -2.08. The van der Waals surface area contributed by atoms with Crippen molar-refractivity contribution < 1.29 is 9.63 Å². The fraction of sp³-hybridized carbons (Fsp3) is 0.417. The van der Waals surface area contributed by atoms with E-state index >= 15 is 0 Å². The lowest BCUT2D eigenvalue weighted by molar-refractivity contribution is 0.158. The Balaban J connectivity index is 1.99. The number of nitrogens with zero attached hydrogens (tertiary/aromatic N) is 3.